The molecule has 0 aliphatic carbocycles. The molecule has 31 heavy (non-hydrogen) atoms. The maximum Gasteiger partial charge on any atom is 0.263 e. The van der Waals surface area contributed by atoms with Crippen LogP contribution in [0.4, 0.5) is 10.8 Å². The minimum atomic E-state index is -3.94. The first-order valence-electron chi connectivity index (χ1n) is 9.40. The van der Waals surface area contributed by atoms with Crippen molar-refractivity contribution in [1.29, 1.82) is 0 Å². The maximum atomic E-state index is 12.9. The minimum Gasteiger partial charge on any atom is -0.497 e. The SMILES string of the molecule is COc1ccc(-c2nnc(NS(=O)(=O)c3ccc(OC)c(N4CCCC4=O)c3)s2)cc1. The lowest BCUT2D eigenvalue weighted by Gasteiger charge is -2.19. The van der Waals surface area contributed by atoms with Crippen LogP contribution in [0.3, 0.4) is 0 Å². The molecule has 0 spiro atoms. The Kier molecular flexibility index (Phi) is 5.79. The summed E-state index contributed by atoms with van der Waals surface area (Å²) in [4.78, 5) is 13.7. The molecule has 9 nitrogen and oxygen atoms in total. The molecular weight excluding hydrogens is 440 g/mol. The Morgan fingerprint density at radius 1 is 1.06 bits per heavy atom. The van der Waals surface area contributed by atoms with Crippen molar-refractivity contribution in [3.05, 3.63) is 42.5 Å². The molecule has 1 aromatic heterocycles. The lowest BCUT2D eigenvalue weighted by atomic mass is 10.2. The van der Waals surface area contributed by atoms with Crippen molar-refractivity contribution < 1.29 is 22.7 Å². The lowest BCUT2D eigenvalue weighted by Crippen LogP contribution is -2.24. The van der Waals surface area contributed by atoms with E-state index in [0.717, 1.165) is 23.3 Å². The third-order valence-corrected chi connectivity index (χ3v) is 7.16. The van der Waals surface area contributed by atoms with E-state index in [9.17, 15) is 13.2 Å². The number of nitrogens with zero attached hydrogens (tertiary/aromatic N) is 3. The van der Waals surface area contributed by atoms with Gasteiger partial charge in [0.15, 0.2) is 0 Å². The first-order valence-corrected chi connectivity index (χ1v) is 11.7. The van der Waals surface area contributed by atoms with E-state index in [0.29, 0.717) is 35.2 Å². The highest BCUT2D eigenvalue weighted by molar-refractivity contribution is 7.93. The van der Waals surface area contributed by atoms with E-state index >= 15 is 0 Å². The summed E-state index contributed by atoms with van der Waals surface area (Å²) in [5, 5.41) is 8.72. The smallest absolute Gasteiger partial charge is 0.263 e. The summed E-state index contributed by atoms with van der Waals surface area (Å²) in [6, 6.07) is 11.6. The predicted molar refractivity (Wildman–Crippen MR) is 117 cm³/mol. The number of ether oxygens (including phenoxy) is 2. The number of nitrogens with one attached hydrogen (secondary N) is 1. The first-order chi connectivity index (χ1) is 14.9. The van der Waals surface area contributed by atoms with Crippen molar-refractivity contribution in [2.24, 2.45) is 0 Å². The standard InChI is InChI=1S/C20H20N4O5S2/c1-28-14-7-5-13(6-8-14)19-21-22-20(30-19)23-31(26,27)15-9-10-17(29-2)16(12-15)24-11-3-4-18(24)25/h5-10,12H,3-4,11H2,1-2H3,(H,22,23). The van der Waals surface area contributed by atoms with E-state index in [2.05, 4.69) is 14.9 Å². The second-order valence-corrected chi connectivity index (χ2v) is 9.39. The van der Waals surface area contributed by atoms with Crippen LogP contribution >= 0.6 is 11.3 Å². The number of aromatic nitrogens is 2. The summed E-state index contributed by atoms with van der Waals surface area (Å²) in [7, 11) is -0.883. The molecular formula is C20H20N4O5S2. The van der Waals surface area contributed by atoms with Gasteiger partial charge in [-0.1, -0.05) is 11.3 Å². The molecule has 3 aromatic rings. The van der Waals surface area contributed by atoms with Gasteiger partial charge < -0.3 is 14.4 Å². The molecule has 2 heterocycles. The molecule has 1 fully saturated rings. The number of sulfonamides is 1. The zero-order valence-electron chi connectivity index (χ0n) is 16.9. The molecule has 0 atom stereocenters. The molecule has 1 aliphatic heterocycles. The molecule has 1 N–H and O–H groups in total. The highest BCUT2D eigenvalue weighted by Crippen LogP contribution is 2.35. The van der Waals surface area contributed by atoms with Crippen LogP contribution in [0.5, 0.6) is 11.5 Å². The molecule has 0 bridgehead atoms. The third kappa shape index (κ3) is 4.32. The van der Waals surface area contributed by atoms with Crippen LogP contribution < -0.4 is 19.1 Å². The van der Waals surface area contributed by atoms with Gasteiger partial charge in [-0.25, -0.2) is 8.42 Å². The summed E-state index contributed by atoms with van der Waals surface area (Å²) in [6.07, 6.45) is 1.15. The van der Waals surface area contributed by atoms with Crippen LogP contribution in [0, 0.1) is 0 Å². The minimum absolute atomic E-state index is 0.00389. The van der Waals surface area contributed by atoms with Gasteiger partial charge in [-0.3, -0.25) is 9.52 Å². The predicted octanol–water partition coefficient (Wildman–Crippen LogP) is 3.15. The van der Waals surface area contributed by atoms with E-state index in [4.69, 9.17) is 9.47 Å². The molecule has 1 saturated heterocycles. The topological polar surface area (TPSA) is 111 Å². The molecule has 162 valence electrons. The number of methoxy groups -OCH3 is 2. The van der Waals surface area contributed by atoms with Crippen molar-refractivity contribution >= 4 is 38.1 Å². The average molecular weight is 461 g/mol. The number of hydrogen-bond donors (Lipinski definition) is 1. The van der Waals surface area contributed by atoms with E-state index in [-0.39, 0.29) is 15.9 Å². The number of carbonyl (C=O) groups excluding carboxylic acids is 1. The summed E-state index contributed by atoms with van der Waals surface area (Å²) < 4.78 is 38.8. The highest BCUT2D eigenvalue weighted by Gasteiger charge is 2.27. The molecule has 0 radical (unpaired) electrons. The Hall–Kier alpha value is -3.18. The fourth-order valence-corrected chi connectivity index (χ4v) is 5.24. The number of amides is 1. The summed E-state index contributed by atoms with van der Waals surface area (Å²) >= 11 is 1.12. The van der Waals surface area contributed by atoms with E-state index in [1.165, 1.54) is 19.2 Å². The monoisotopic (exact) mass is 460 g/mol. The highest BCUT2D eigenvalue weighted by atomic mass is 32.2. The molecule has 2 aromatic carbocycles. The molecule has 11 heteroatoms. The fraction of sp³-hybridized carbons (Fsp3) is 0.250. The second kappa shape index (κ2) is 8.52. The second-order valence-electron chi connectivity index (χ2n) is 6.73. The van der Waals surface area contributed by atoms with Gasteiger partial charge in [-0.05, 0) is 48.9 Å². The number of rotatable bonds is 7. The van der Waals surface area contributed by atoms with Crippen LogP contribution in [0.15, 0.2) is 47.4 Å². The van der Waals surface area contributed by atoms with Crippen LogP contribution in [0.25, 0.3) is 10.6 Å². The zero-order chi connectivity index (χ0) is 22.0. The van der Waals surface area contributed by atoms with Gasteiger partial charge in [-0.15, -0.1) is 10.2 Å². The summed E-state index contributed by atoms with van der Waals surface area (Å²) in [6.45, 7) is 0.522. The van der Waals surface area contributed by atoms with Gasteiger partial charge in [0.1, 0.15) is 16.5 Å². The Balaban J connectivity index is 1.59. The van der Waals surface area contributed by atoms with Gasteiger partial charge in [-0.2, -0.15) is 0 Å². The van der Waals surface area contributed by atoms with Crippen molar-refractivity contribution in [3.63, 3.8) is 0 Å². The fourth-order valence-electron chi connectivity index (χ4n) is 3.24. The van der Waals surface area contributed by atoms with Crippen LogP contribution in [0.2, 0.25) is 0 Å². The average Bonchev–Trinajstić information content (AvgIpc) is 3.42. The molecule has 4 rings (SSSR count). The quantitative estimate of drug-likeness (QED) is 0.577. The number of anilines is 2. The number of benzene rings is 2. The van der Waals surface area contributed by atoms with Crippen LogP contribution in [-0.4, -0.2) is 45.3 Å². The molecule has 0 saturated carbocycles. The molecule has 1 aliphatic rings. The molecule has 0 unspecified atom stereocenters. The normalized spacial score (nSPS) is 14.0. The zero-order valence-corrected chi connectivity index (χ0v) is 18.5. The summed E-state index contributed by atoms with van der Waals surface area (Å²) in [5.41, 5.74) is 1.23. The van der Waals surface area contributed by atoms with Gasteiger partial charge in [0.2, 0.25) is 11.0 Å². The first kappa shape index (κ1) is 21.1. The van der Waals surface area contributed by atoms with Gasteiger partial charge in [0.25, 0.3) is 10.0 Å². The Morgan fingerprint density at radius 2 is 1.84 bits per heavy atom. The molecule has 1 amide bonds. The van der Waals surface area contributed by atoms with Gasteiger partial charge in [0.05, 0.1) is 24.8 Å². The van der Waals surface area contributed by atoms with E-state index in [1.54, 1.807) is 30.2 Å². The summed E-state index contributed by atoms with van der Waals surface area (Å²) in [5.74, 6) is 1.09. The Morgan fingerprint density at radius 3 is 2.48 bits per heavy atom. The largest absolute Gasteiger partial charge is 0.497 e. The Labute approximate surface area is 183 Å². The number of hydrogen-bond acceptors (Lipinski definition) is 8. The van der Waals surface area contributed by atoms with Gasteiger partial charge in [0, 0.05) is 18.5 Å². The van der Waals surface area contributed by atoms with E-state index < -0.39 is 10.0 Å². The van der Waals surface area contributed by atoms with Crippen molar-refractivity contribution in [2.45, 2.75) is 17.7 Å². The van der Waals surface area contributed by atoms with Crippen molar-refractivity contribution in [1.82, 2.24) is 10.2 Å². The maximum absolute atomic E-state index is 12.9. The van der Waals surface area contributed by atoms with Crippen molar-refractivity contribution in [2.75, 3.05) is 30.4 Å². The van der Waals surface area contributed by atoms with Crippen LogP contribution in [-0.2, 0) is 14.8 Å². The third-order valence-electron chi connectivity index (χ3n) is 4.81. The van der Waals surface area contributed by atoms with E-state index in [1.807, 2.05) is 12.1 Å². The van der Waals surface area contributed by atoms with Crippen molar-refractivity contribution in [3.8, 4) is 22.1 Å². The van der Waals surface area contributed by atoms with Gasteiger partial charge >= 0.3 is 0 Å². The Bertz CT molecular complexity index is 1210. The number of carbonyl (C=O) groups is 1. The van der Waals surface area contributed by atoms with Crippen LogP contribution in [0.1, 0.15) is 12.8 Å². The lowest BCUT2D eigenvalue weighted by molar-refractivity contribution is -0.117.